The van der Waals surface area contributed by atoms with Crippen molar-refractivity contribution in [3.05, 3.63) is 22.2 Å². The first-order valence-corrected chi connectivity index (χ1v) is 8.03. The summed E-state index contributed by atoms with van der Waals surface area (Å²) in [6.07, 6.45) is 9.37. The maximum Gasteiger partial charge on any atom is 0.252 e. The smallest absolute Gasteiger partial charge is 0.252 e. The largest absolute Gasteiger partial charge is 0.383 e. The molecule has 0 radical (unpaired) electrons. The fourth-order valence-electron chi connectivity index (χ4n) is 5.46. The molecular weight excluding hydrogens is 250 g/mol. The molecule has 4 aliphatic carbocycles. The predicted molar refractivity (Wildman–Crippen MR) is 78.1 cm³/mol. The normalized spacial score (nSPS) is 38.3. The van der Waals surface area contributed by atoms with E-state index in [1.165, 1.54) is 44.6 Å². The molecule has 4 saturated carbocycles. The van der Waals surface area contributed by atoms with Crippen LogP contribution in [0.3, 0.4) is 0 Å². The third-order valence-electron chi connectivity index (χ3n) is 5.95. The Morgan fingerprint density at radius 2 is 1.80 bits per heavy atom. The fraction of sp³-hybridized carbons (Fsp3) is 0.750. The van der Waals surface area contributed by atoms with Gasteiger partial charge in [0.25, 0.3) is 5.56 Å². The van der Waals surface area contributed by atoms with Crippen molar-refractivity contribution in [2.75, 3.05) is 5.73 Å². The SMILES string of the molecule is Nc1cc(=O)[nH]c(CCC2C3CC4CC(C3)CC2C4)n1. The highest BCUT2D eigenvalue weighted by atomic mass is 16.1. The third kappa shape index (κ3) is 2.15. The number of H-pyrrole nitrogens is 1. The van der Waals surface area contributed by atoms with Crippen LogP contribution in [0.1, 0.15) is 44.3 Å². The summed E-state index contributed by atoms with van der Waals surface area (Å²) in [6.45, 7) is 0. The first kappa shape index (κ1) is 12.4. The van der Waals surface area contributed by atoms with Crippen LogP contribution in [-0.2, 0) is 6.42 Å². The lowest BCUT2D eigenvalue weighted by Gasteiger charge is -2.54. The zero-order chi connectivity index (χ0) is 13.7. The Hall–Kier alpha value is -1.32. The molecule has 4 fully saturated rings. The van der Waals surface area contributed by atoms with Gasteiger partial charge in [-0.1, -0.05) is 0 Å². The Kier molecular flexibility index (Phi) is 2.86. The molecule has 3 N–H and O–H groups in total. The van der Waals surface area contributed by atoms with E-state index in [0.29, 0.717) is 5.82 Å². The molecule has 0 unspecified atom stereocenters. The van der Waals surface area contributed by atoms with Gasteiger partial charge >= 0.3 is 0 Å². The Morgan fingerprint density at radius 1 is 1.15 bits per heavy atom. The predicted octanol–water partition coefficient (Wildman–Crippen LogP) is 2.36. The summed E-state index contributed by atoms with van der Waals surface area (Å²) >= 11 is 0. The monoisotopic (exact) mass is 273 g/mol. The van der Waals surface area contributed by atoms with Gasteiger partial charge in [-0.3, -0.25) is 4.79 Å². The molecule has 1 heterocycles. The number of aromatic nitrogens is 2. The van der Waals surface area contributed by atoms with E-state index in [4.69, 9.17) is 5.73 Å². The average Bonchev–Trinajstić information content (AvgIpc) is 2.35. The quantitative estimate of drug-likeness (QED) is 0.888. The van der Waals surface area contributed by atoms with Crippen LogP contribution in [0.2, 0.25) is 0 Å². The molecule has 20 heavy (non-hydrogen) atoms. The molecule has 0 amide bonds. The molecule has 5 rings (SSSR count). The van der Waals surface area contributed by atoms with Crippen LogP contribution < -0.4 is 11.3 Å². The highest BCUT2D eigenvalue weighted by Crippen LogP contribution is 2.57. The van der Waals surface area contributed by atoms with Crippen molar-refractivity contribution in [2.24, 2.45) is 29.6 Å². The molecule has 4 heteroatoms. The summed E-state index contributed by atoms with van der Waals surface area (Å²) in [4.78, 5) is 18.5. The lowest BCUT2D eigenvalue weighted by atomic mass is 9.51. The van der Waals surface area contributed by atoms with Crippen molar-refractivity contribution >= 4 is 5.82 Å². The Bertz CT molecular complexity index is 537. The highest BCUT2D eigenvalue weighted by molar-refractivity contribution is 5.25. The second-order valence-electron chi connectivity index (χ2n) is 7.25. The van der Waals surface area contributed by atoms with Crippen LogP contribution >= 0.6 is 0 Å². The van der Waals surface area contributed by atoms with E-state index in [9.17, 15) is 4.79 Å². The summed E-state index contributed by atoms with van der Waals surface area (Å²) in [5, 5.41) is 0. The number of nitrogens with one attached hydrogen (secondary N) is 1. The Balaban J connectivity index is 1.46. The van der Waals surface area contributed by atoms with Crippen molar-refractivity contribution in [3.8, 4) is 0 Å². The molecule has 0 saturated heterocycles. The molecule has 4 aliphatic rings. The average molecular weight is 273 g/mol. The number of nitrogens with two attached hydrogens (primary N) is 1. The van der Waals surface area contributed by atoms with Crippen molar-refractivity contribution in [1.29, 1.82) is 0 Å². The maximum absolute atomic E-state index is 11.4. The maximum atomic E-state index is 11.4. The number of nitrogen functional groups attached to an aromatic ring is 1. The second-order valence-corrected chi connectivity index (χ2v) is 7.25. The van der Waals surface area contributed by atoms with E-state index in [-0.39, 0.29) is 5.56 Å². The van der Waals surface area contributed by atoms with E-state index in [1.54, 1.807) is 0 Å². The fourth-order valence-corrected chi connectivity index (χ4v) is 5.46. The molecule has 1 aromatic rings. The van der Waals surface area contributed by atoms with Gasteiger partial charge in [0.15, 0.2) is 0 Å². The van der Waals surface area contributed by atoms with Crippen LogP contribution in [0.4, 0.5) is 5.82 Å². The van der Waals surface area contributed by atoms with E-state index in [0.717, 1.165) is 41.8 Å². The van der Waals surface area contributed by atoms with E-state index in [2.05, 4.69) is 9.97 Å². The van der Waals surface area contributed by atoms with E-state index in [1.807, 2.05) is 0 Å². The minimum Gasteiger partial charge on any atom is -0.383 e. The molecule has 4 nitrogen and oxygen atoms in total. The first-order valence-electron chi connectivity index (χ1n) is 8.03. The number of hydrogen-bond acceptors (Lipinski definition) is 3. The van der Waals surface area contributed by atoms with Gasteiger partial charge in [-0.15, -0.1) is 0 Å². The van der Waals surface area contributed by atoms with Gasteiger partial charge in [-0.25, -0.2) is 4.98 Å². The number of aryl methyl sites for hydroxylation is 1. The summed E-state index contributed by atoms with van der Waals surface area (Å²) in [5.41, 5.74) is 5.53. The number of rotatable bonds is 3. The summed E-state index contributed by atoms with van der Waals surface area (Å²) in [7, 11) is 0. The van der Waals surface area contributed by atoms with Crippen LogP contribution in [-0.4, -0.2) is 9.97 Å². The van der Waals surface area contributed by atoms with Crippen LogP contribution in [0.5, 0.6) is 0 Å². The van der Waals surface area contributed by atoms with Gasteiger partial charge in [-0.2, -0.15) is 0 Å². The molecule has 0 atom stereocenters. The van der Waals surface area contributed by atoms with Gasteiger partial charge in [0.1, 0.15) is 11.6 Å². The van der Waals surface area contributed by atoms with Crippen molar-refractivity contribution in [3.63, 3.8) is 0 Å². The van der Waals surface area contributed by atoms with Crippen LogP contribution in [0.15, 0.2) is 10.9 Å². The lowest BCUT2D eigenvalue weighted by molar-refractivity contribution is -0.0395. The third-order valence-corrected chi connectivity index (χ3v) is 5.95. The van der Waals surface area contributed by atoms with Gasteiger partial charge in [0, 0.05) is 12.5 Å². The molecule has 4 bridgehead atoms. The number of aromatic amines is 1. The van der Waals surface area contributed by atoms with Gasteiger partial charge in [0.05, 0.1) is 0 Å². The van der Waals surface area contributed by atoms with Crippen molar-refractivity contribution in [1.82, 2.24) is 9.97 Å². The molecule has 108 valence electrons. The van der Waals surface area contributed by atoms with E-state index >= 15 is 0 Å². The molecular formula is C16H23N3O. The minimum atomic E-state index is -0.127. The van der Waals surface area contributed by atoms with E-state index < -0.39 is 0 Å². The standard InChI is InChI=1S/C16H23N3O/c17-14-8-16(20)19-15(18-14)2-1-13-11-4-9-3-10(6-11)7-12(13)5-9/h8-13H,1-7H2,(H3,17,18,19,20). The van der Waals surface area contributed by atoms with Crippen molar-refractivity contribution < 1.29 is 0 Å². The minimum absolute atomic E-state index is 0.127. The second kappa shape index (κ2) is 4.61. The molecule has 0 spiro atoms. The summed E-state index contributed by atoms with van der Waals surface area (Å²) in [5.74, 6) is 5.91. The molecule has 0 aromatic carbocycles. The van der Waals surface area contributed by atoms with Gasteiger partial charge in [-0.05, 0) is 68.1 Å². The van der Waals surface area contributed by atoms with Crippen molar-refractivity contribution in [2.45, 2.75) is 44.9 Å². The number of nitrogens with zero attached hydrogens (tertiary/aromatic N) is 1. The van der Waals surface area contributed by atoms with Gasteiger partial charge in [0.2, 0.25) is 0 Å². The topological polar surface area (TPSA) is 71.8 Å². The Morgan fingerprint density at radius 3 is 2.40 bits per heavy atom. The molecule has 0 aliphatic heterocycles. The number of hydrogen-bond donors (Lipinski definition) is 2. The van der Waals surface area contributed by atoms with Crippen LogP contribution in [0.25, 0.3) is 0 Å². The highest BCUT2D eigenvalue weighted by Gasteiger charge is 2.47. The first-order chi connectivity index (χ1) is 9.67. The number of anilines is 1. The lowest BCUT2D eigenvalue weighted by Crippen LogP contribution is -2.45. The summed E-state index contributed by atoms with van der Waals surface area (Å²) in [6, 6.07) is 1.35. The zero-order valence-electron chi connectivity index (χ0n) is 11.8. The zero-order valence-corrected chi connectivity index (χ0v) is 11.8. The summed E-state index contributed by atoms with van der Waals surface area (Å²) < 4.78 is 0. The molecule has 1 aromatic heterocycles. The van der Waals surface area contributed by atoms with Crippen LogP contribution in [0, 0.1) is 29.6 Å². The Labute approximate surface area is 119 Å². The van der Waals surface area contributed by atoms with Gasteiger partial charge < -0.3 is 10.7 Å².